The zero-order valence-electron chi connectivity index (χ0n) is 11.9. The highest BCUT2D eigenvalue weighted by Crippen LogP contribution is 2.20. The first-order valence-electron chi connectivity index (χ1n) is 6.39. The van der Waals surface area contributed by atoms with Crippen LogP contribution in [0, 0.1) is 11.3 Å². The first-order valence-corrected chi connectivity index (χ1v) is 7.87. The normalized spacial score (nSPS) is 11.5. The average Bonchev–Trinajstić information content (AvgIpc) is 2.56. The molecule has 0 saturated carbocycles. The molecule has 22 heavy (non-hydrogen) atoms. The summed E-state index contributed by atoms with van der Waals surface area (Å²) in [6, 6.07) is 16.5. The number of hydrogen-bond donors (Lipinski definition) is 1. The van der Waals surface area contributed by atoms with Gasteiger partial charge in [-0.25, -0.2) is 8.42 Å². The summed E-state index contributed by atoms with van der Waals surface area (Å²) < 4.78 is 29.7. The summed E-state index contributed by atoms with van der Waals surface area (Å²) >= 11 is 0. The zero-order chi connectivity index (χ0) is 16.0. The largest absolute Gasteiger partial charge is 0.497 e. The van der Waals surface area contributed by atoms with Crippen LogP contribution in [0.1, 0.15) is 0 Å². The summed E-state index contributed by atoms with van der Waals surface area (Å²) in [5.41, 5.74) is 0.650. The lowest BCUT2D eigenvalue weighted by Gasteiger charge is -2.05. The Morgan fingerprint density at radius 1 is 1.14 bits per heavy atom. The van der Waals surface area contributed by atoms with Gasteiger partial charge in [-0.1, -0.05) is 18.2 Å². The maximum absolute atomic E-state index is 12.3. The van der Waals surface area contributed by atoms with Crippen LogP contribution in [-0.2, 0) is 9.84 Å². The molecule has 0 spiro atoms. The van der Waals surface area contributed by atoms with E-state index in [1.807, 2.05) is 0 Å². The van der Waals surface area contributed by atoms with E-state index in [9.17, 15) is 8.42 Å². The summed E-state index contributed by atoms with van der Waals surface area (Å²) in [5, 5.41) is 11.9. The molecular weight excluding hydrogens is 300 g/mol. The molecule has 0 aromatic heterocycles. The molecule has 0 amide bonds. The van der Waals surface area contributed by atoms with Crippen molar-refractivity contribution in [2.75, 3.05) is 12.4 Å². The molecule has 0 heterocycles. The quantitative estimate of drug-likeness (QED) is 0.858. The van der Waals surface area contributed by atoms with E-state index >= 15 is 0 Å². The van der Waals surface area contributed by atoms with E-state index in [0.29, 0.717) is 11.4 Å². The van der Waals surface area contributed by atoms with Crippen LogP contribution < -0.4 is 10.1 Å². The lowest BCUT2D eigenvalue weighted by Crippen LogP contribution is -2.05. The van der Waals surface area contributed by atoms with Gasteiger partial charge < -0.3 is 10.1 Å². The fourth-order valence-electron chi connectivity index (χ4n) is 1.73. The molecule has 0 aliphatic heterocycles. The number of benzene rings is 2. The Bertz CT molecular complexity index is 805. The molecule has 0 aliphatic carbocycles. The number of ether oxygens (including phenoxy) is 1. The molecule has 6 heteroatoms. The minimum Gasteiger partial charge on any atom is -0.497 e. The highest BCUT2D eigenvalue weighted by Gasteiger charge is 2.20. The van der Waals surface area contributed by atoms with E-state index in [2.05, 4.69) is 5.32 Å². The minimum atomic E-state index is -3.82. The Morgan fingerprint density at radius 3 is 2.32 bits per heavy atom. The Morgan fingerprint density at radius 2 is 1.77 bits per heavy atom. The molecule has 0 saturated heterocycles. The van der Waals surface area contributed by atoms with Crippen LogP contribution >= 0.6 is 0 Å². The van der Waals surface area contributed by atoms with Crippen LogP contribution in [-0.4, -0.2) is 15.5 Å². The summed E-state index contributed by atoms with van der Waals surface area (Å²) in [7, 11) is -2.26. The summed E-state index contributed by atoms with van der Waals surface area (Å²) in [6.45, 7) is 0. The first kappa shape index (κ1) is 15.6. The van der Waals surface area contributed by atoms with Crippen molar-refractivity contribution in [1.82, 2.24) is 0 Å². The van der Waals surface area contributed by atoms with E-state index in [0.717, 1.165) is 0 Å². The van der Waals surface area contributed by atoms with Crippen LogP contribution in [0.25, 0.3) is 0 Å². The molecular formula is C16H14N2O3S. The van der Waals surface area contributed by atoms with E-state index in [-0.39, 0.29) is 9.80 Å². The van der Waals surface area contributed by atoms with Gasteiger partial charge in [-0.05, 0) is 36.4 Å². The van der Waals surface area contributed by atoms with Gasteiger partial charge in [0.25, 0.3) is 0 Å². The maximum atomic E-state index is 12.3. The number of allylic oxidation sites excluding steroid dienone is 1. The van der Waals surface area contributed by atoms with Gasteiger partial charge in [0, 0.05) is 11.9 Å². The van der Waals surface area contributed by atoms with E-state index in [1.54, 1.807) is 55.6 Å². The molecule has 0 unspecified atom stereocenters. The fraction of sp³-hybridized carbons (Fsp3) is 0.0625. The molecule has 0 aliphatic rings. The number of nitriles is 1. The number of rotatable bonds is 5. The van der Waals surface area contributed by atoms with Gasteiger partial charge in [-0.3, -0.25) is 0 Å². The molecule has 0 bridgehead atoms. The zero-order valence-corrected chi connectivity index (χ0v) is 12.7. The molecule has 5 nitrogen and oxygen atoms in total. The summed E-state index contributed by atoms with van der Waals surface area (Å²) in [4.78, 5) is -0.270. The van der Waals surface area contributed by atoms with Gasteiger partial charge in [0.2, 0.25) is 9.84 Å². The standard InChI is InChI=1S/C16H14N2O3S/c1-21-14-9-7-13(8-10-14)18-12-16(11-17)22(19,20)15-5-3-2-4-6-15/h2-10,12,18H,1H3/b16-12+. The van der Waals surface area contributed by atoms with Crippen molar-refractivity contribution in [1.29, 1.82) is 5.26 Å². The molecule has 1 N–H and O–H groups in total. The third-order valence-electron chi connectivity index (χ3n) is 2.91. The monoisotopic (exact) mass is 314 g/mol. The lowest BCUT2D eigenvalue weighted by atomic mass is 10.3. The average molecular weight is 314 g/mol. The van der Waals surface area contributed by atoms with Gasteiger partial charge in [0.05, 0.1) is 12.0 Å². The molecule has 0 radical (unpaired) electrons. The molecule has 0 fully saturated rings. The predicted octanol–water partition coefficient (Wildman–Crippen LogP) is 2.95. The van der Waals surface area contributed by atoms with Gasteiger partial charge >= 0.3 is 0 Å². The van der Waals surface area contributed by atoms with E-state index in [4.69, 9.17) is 10.00 Å². The SMILES string of the molecule is COc1ccc(N/C=C(\C#N)S(=O)(=O)c2ccccc2)cc1. The van der Waals surface area contributed by atoms with Crippen LogP contribution in [0.5, 0.6) is 5.75 Å². The van der Waals surface area contributed by atoms with Crippen molar-refractivity contribution >= 4 is 15.5 Å². The van der Waals surface area contributed by atoms with Crippen molar-refractivity contribution in [3.8, 4) is 11.8 Å². The minimum absolute atomic E-state index is 0.0827. The summed E-state index contributed by atoms with van der Waals surface area (Å²) in [5.74, 6) is 0.687. The fourth-order valence-corrected chi connectivity index (χ4v) is 2.84. The number of sulfone groups is 1. The molecule has 2 aromatic carbocycles. The smallest absolute Gasteiger partial charge is 0.218 e. The van der Waals surface area contributed by atoms with Gasteiger partial charge in [-0.2, -0.15) is 5.26 Å². The topological polar surface area (TPSA) is 79.2 Å². The number of hydrogen-bond acceptors (Lipinski definition) is 5. The maximum Gasteiger partial charge on any atom is 0.218 e. The number of anilines is 1. The molecule has 112 valence electrons. The predicted molar refractivity (Wildman–Crippen MR) is 83.9 cm³/mol. The molecule has 0 atom stereocenters. The third-order valence-corrected chi connectivity index (χ3v) is 4.59. The lowest BCUT2D eigenvalue weighted by molar-refractivity contribution is 0.415. The first-order chi connectivity index (χ1) is 10.6. The van der Waals surface area contributed by atoms with Gasteiger partial charge in [-0.15, -0.1) is 0 Å². The van der Waals surface area contributed by atoms with Crippen molar-refractivity contribution in [3.63, 3.8) is 0 Å². The number of methoxy groups -OCH3 is 1. The van der Waals surface area contributed by atoms with Crippen LogP contribution in [0.3, 0.4) is 0 Å². The second-order valence-corrected chi connectivity index (χ2v) is 6.23. The number of nitrogens with one attached hydrogen (secondary N) is 1. The highest BCUT2D eigenvalue weighted by atomic mass is 32.2. The third kappa shape index (κ3) is 3.45. The van der Waals surface area contributed by atoms with E-state index < -0.39 is 9.84 Å². The Hall–Kier alpha value is -2.78. The molecule has 2 aromatic rings. The van der Waals surface area contributed by atoms with Crippen LogP contribution in [0.15, 0.2) is 70.6 Å². The second-order valence-electron chi connectivity index (χ2n) is 4.31. The summed E-state index contributed by atoms with van der Waals surface area (Å²) in [6.07, 6.45) is 1.18. The van der Waals surface area contributed by atoms with Crippen molar-refractivity contribution in [3.05, 3.63) is 65.7 Å². The van der Waals surface area contributed by atoms with Crippen LogP contribution in [0.4, 0.5) is 5.69 Å². The Kier molecular flexibility index (Phi) is 4.81. The van der Waals surface area contributed by atoms with Gasteiger partial charge in [0.15, 0.2) is 4.91 Å². The number of nitrogens with zero attached hydrogens (tertiary/aromatic N) is 1. The van der Waals surface area contributed by atoms with Crippen LogP contribution in [0.2, 0.25) is 0 Å². The second kappa shape index (κ2) is 6.78. The van der Waals surface area contributed by atoms with Crippen molar-refractivity contribution < 1.29 is 13.2 Å². The van der Waals surface area contributed by atoms with Gasteiger partial charge in [0.1, 0.15) is 11.8 Å². The van der Waals surface area contributed by atoms with Crippen molar-refractivity contribution in [2.24, 2.45) is 0 Å². The highest BCUT2D eigenvalue weighted by molar-refractivity contribution is 7.95. The van der Waals surface area contributed by atoms with E-state index in [1.165, 1.54) is 18.3 Å². The Labute approximate surface area is 129 Å². The molecule has 2 rings (SSSR count). The van der Waals surface area contributed by atoms with Crippen molar-refractivity contribution in [2.45, 2.75) is 4.90 Å². The Balaban J connectivity index is 2.26.